The van der Waals surface area contributed by atoms with Crippen molar-refractivity contribution in [1.82, 2.24) is 4.90 Å². The van der Waals surface area contributed by atoms with E-state index < -0.39 is 10.3 Å². The first-order valence-electron chi connectivity index (χ1n) is 11.6. The number of rotatable bonds is 8. The third kappa shape index (κ3) is 5.10. The summed E-state index contributed by atoms with van der Waals surface area (Å²) in [5.41, 5.74) is 0.971. The summed E-state index contributed by atoms with van der Waals surface area (Å²) in [4.78, 5) is 26.3. The summed E-state index contributed by atoms with van der Waals surface area (Å²) >= 11 is 0. The van der Waals surface area contributed by atoms with Gasteiger partial charge in [-0.2, -0.15) is 0 Å². The standard InChI is InChI=1S/C25H31N3O4/c29-24(25(14-2-3-15-25)20-6-10-22(11-7-20)28(30)31)26-21-8-12-23(13-9-21)32-19-18-27-16-4-1-5-17-27/h6-13H,1-5,14-19H2,(H,26,29). The Bertz CT molecular complexity index is 915. The summed E-state index contributed by atoms with van der Waals surface area (Å²) in [6.07, 6.45) is 7.30. The lowest BCUT2D eigenvalue weighted by Crippen LogP contribution is -2.38. The zero-order chi connectivity index (χ0) is 22.4. The van der Waals surface area contributed by atoms with Gasteiger partial charge in [-0.1, -0.05) is 31.4 Å². The largest absolute Gasteiger partial charge is 0.492 e. The van der Waals surface area contributed by atoms with Gasteiger partial charge >= 0.3 is 0 Å². The second-order valence-corrected chi connectivity index (χ2v) is 8.82. The van der Waals surface area contributed by atoms with Crippen LogP contribution in [-0.4, -0.2) is 42.0 Å². The van der Waals surface area contributed by atoms with Crippen molar-refractivity contribution in [3.8, 4) is 5.75 Å². The molecule has 7 nitrogen and oxygen atoms in total. The van der Waals surface area contributed by atoms with Crippen molar-refractivity contribution >= 4 is 17.3 Å². The molecule has 1 aliphatic heterocycles. The number of anilines is 1. The molecular formula is C25H31N3O4. The van der Waals surface area contributed by atoms with Crippen molar-refractivity contribution in [2.45, 2.75) is 50.4 Å². The maximum absolute atomic E-state index is 13.3. The van der Waals surface area contributed by atoms with Gasteiger partial charge in [0.15, 0.2) is 0 Å². The zero-order valence-electron chi connectivity index (χ0n) is 18.4. The Balaban J connectivity index is 1.36. The predicted octanol–water partition coefficient (Wildman–Crippen LogP) is 4.91. The van der Waals surface area contributed by atoms with Gasteiger partial charge in [-0.15, -0.1) is 0 Å². The molecule has 1 N–H and O–H groups in total. The maximum Gasteiger partial charge on any atom is 0.269 e. The van der Waals surface area contributed by atoms with Crippen LogP contribution in [0, 0.1) is 10.1 Å². The number of benzene rings is 2. The van der Waals surface area contributed by atoms with Crippen LogP contribution in [0.1, 0.15) is 50.5 Å². The third-order valence-corrected chi connectivity index (χ3v) is 6.76. The molecule has 2 aliphatic rings. The quantitative estimate of drug-likeness (QED) is 0.468. The summed E-state index contributed by atoms with van der Waals surface area (Å²) < 4.78 is 5.88. The van der Waals surface area contributed by atoms with E-state index in [-0.39, 0.29) is 11.6 Å². The minimum atomic E-state index is -0.640. The van der Waals surface area contributed by atoms with Crippen molar-refractivity contribution in [2.24, 2.45) is 0 Å². The van der Waals surface area contributed by atoms with Gasteiger partial charge in [0.25, 0.3) is 5.69 Å². The average molecular weight is 438 g/mol. The Kier molecular flexibility index (Phi) is 7.05. The van der Waals surface area contributed by atoms with E-state index in [0.717, 1.165) is 62.3 Å². The van der Waals surface area contributed by atoms with E-state index in [1.165, 1.54) is 31.4 Å². The molecule has 0 radical (unpaired) electrons. The lowest BCUT2D eigenvalue weighted by molar-refractivity contribution is -0.384. The molecule has 2 fully saturated rings. The summed E-state index contributed by atoms with van der Waals surface area (Å²) in [5, 5.41) is 14.0. The summed E-state index contributed by atoms with van der Waals surface area (Å²) in [5.74, 6) is 0.744. The molecule has 7 heteroatoms. The van der Waals surface area contributed by atoms with Gasteiger partial charge in [0, 0.05) is 24.4 Å². The van der Waals surface area contributed by atoms with Crippen molar-refractivity contribution in [3.05, 3.63) is 64.2 Å². The number of nitrogens with zero attached hydrogens (tertiary/aromatic N) is 2. The van der Waals surface area contributed by atoms with E-state index in [1.54, 1.807) is 12.1 Å². The van der Waals surface area contributed by atoms with Crippen molar-refractivity contribution < 1.29 is 14.5 Å². The third-order valence-electron chi connectivity index (χ3n) is 6.76. The number of carbonyl (C=O) groups excluding carboxylic acids is 1. The first-order valence-corrected chi connectivity index (χ1v) is 11.6. The van der Waals surface area contributed by atoms with E-state index >= 15 is 0 Å². The highest BCUT2D eigenvalue weighted by Crippen LogP contribution is 2.42. The predicted molar refractivity (Wildman–Crippen MR) is 124 cm³/mol. The summed E-state index contributed by atoms with van der Waals surface area (Å²) in [6, 6.07) is 13.9. The van der Waals surface area contributed by atoms with Crippen molar-refractivity contribution in [1.29, 1.82) is 0 Å². The minimum Gasteiger partial charge on any atom is -0.492 e. The minimum absolute atomic E-state index is 0.0400. The van der Waals surface area contributed by atoms with Crippen LogP contribution < -0.4 is 10.1 Å². The van der Waals surface area contributed by atoms with Crippen LogP contribution in [0.3, 0.4) is 0 Å². The van der Waals surface area contributed by atoms with E-state index in [1.807, 2.05) is 24.3 Å². The van der Waals surface area contributed by atoms with Crippen molar-refractivity contribution in [3.63, 3.8) is 0 Å². The van der Waals surface area contributed by atoms with Gasteiger partial charge < -0.3 is 10.1 Å². The van der Waals surface area contributed by atoms with E-state index in [4.69, 9.17) is 4.74 Å². The van der Waals surface area contributed by atoms with Crippen LogP contribution >= 0.6 is 0 Å². The summed E-state index contributed by atoms with van der Waals surface area (Å²) in [6.45, 7) is 3.92. The Hall–Kier alpha value is -2.93. The molecule has 32 heavy (non-hydrogen) atoms. The molecule has 0 spiro atoms. The van der Waals surface area contributed by atoms with Gasteiger partial charge in [0.05, 0.1) is 10.3 Å². The molecule has 0 bridgehead atoms. The van der Waals surface area contributed by atoms with Gasteiger partial charge in [0.2, 0.25) is 5.91 Å². The average Bonchev–Trinajstić information content (AvgIpc) is 3.32. The number of hydrogen-bond donors (Lipinski definition) is 1. The van der Waals surface area contributed by atoms with Crippen LogP contribution in [0.2, 0.25) is 0 Å². The zero-order valence-corrected chi connectivity index (χ0v) is 18.4. The molecule has 1 heterocycles. The Morgan fingerprint density at radius 3 is 2.25 bits per heavy atom. The number of nitro benzene ring substituents is 1. The fourth-order valence-corrected chi connectivity index (χ4v) is 4.89. The normalized spacial score (nSPS) is 18.2. The van der Waals surface area contributed by atoms with Gasteiger partial charge in [-0.05, 0) is 68.6 Å². The fraction of sp³-hybridized carbons (Fsp3) is 0.480. The number of piperidine rings is 1. The van der Waals surface area contributed by atoms with Gasteiger partial charge in [0.1, 0.15) is 12.4 Å². The molecule has 0 atom stereocenters. The Labute approximate surface area is 188 Å². The Morgan fingerprint density at radius 2 is 1.62 bits per heavy atom. The number of ether oxygens (including phenoxy) is 1. The van der Waals surface area contributed by atoms with Crippen molar-refractivity contribution in [2.75, 3.05) is 31.6 Å². The molecule has 2 aromatic carbocycles. The highest BCUT2D eigenvalue weighted by atomic mass is 16.6. The topological polar surface area (TPSA) is 84.7 Å². The van der Waals surface area contributed by atoms with E-state index in [2.05, 4.69) is 10.2 Å². The lowest BCUT2D eigenvalue weighted by atomic mass is 9.78. The van der Waals surface area contributed by atoms with Crippen LogP contribution in [0.15, 0.2) is 48.5 Å². The maximum atomic E-state index is 13.3. The molecule has 0 aromatic heterocycles. The van der Waals surface area contributed by atoms with Crippen LogP contribution in [-0.2, 0) is 10.2 Å². The van der Waals surface area contributed by atoms with E-state index in [0.29, 0.717) is 6.61 Å². The number of non-ortho nitro benzene ring substituents is 1. The SMILES string of the molecule is O=C(Nc1ccc(OCCN2CCCCC2)cc1)C1(c2ccc([N+](=O)[O-])cc2)CCCC1. The highest BCUT2D eigenvalue weighted by Gasteiger charge is 2.42. The highest BCUT2D eigenvalue weighted by molar-refractivity contribution is 5.99. The first-order chi connectivity index (χ1) is 15.6. The number of nitro groups is 1. The first kappa shape index (κ1) is 22.3. The van der Waals surface area contributed by atoms with Gasteiger partial charge in [-0.3, -0.25) is 19.8 Å². The Morgan fingerprint density at radius 1 is 0.969 bits per heavy atom. The van der Waals surface area contributed by atoms with Crippen LogP contribution in [0.4, 0.5) is 11.4 Å². The molecule has 0 unspecified atom stereocenters. The molecule has 1 amide bonds. The second kappa shape index (κ2) is 10.1. The monoisotopic (exact) mass is 437 g/mol. The molecule has 4 rings (SSSR count). The molecule has 1 aliphatic carbocycles. The fourth-order valence-electron chi connectivity index (χ4n) is 4.89. The number of amides is 1. The van der Waals surface area contributed by atoms with Crippen LogP contribution in [0.25, 0.3) is 0 Å². The number of hydrogen-bond acceptors (Lipinski definition) is 5. The van der Waals surface area contributed by atoms with E-state index in [9.17, 15) is 14.9 Å². The molecule has 2 aromatic rings. The lowest BCUT2D eigenvalue weighted by Gasteiger charge is -2.28. The molecule has 1 saturated heterocycles. The molecule has 1 saturated carbocycles. The van der Waals surface area contributed by atoms with Crippen LogP contribution in [0.5, 0.6) is 5.75 Å². The smallest absolute Gasteiger partial charge is 0.269 e. The summed E-state index contributed by atoms with van der Waals surface area (Å²) in [7, 11) is 0. The number of likely N-dealkylation sites (tertiary alicyclic amines) is 1. The molecule has 170 valence electrons. The van der Waals surface area contributed by atoms with Gasteiger partial charge in [-0.25, -0.2) is 0 Å². The number of nitrogens with one attached hydrogen (secondary N) is 1. The second-order valence-electron chi connectivity index (χ2n) is 8.82. The molecular weight excluding hydrogens is 406 g/mol. The number of carbonyl (C=O) groups is 1.